The van der Waals surface area contributed by atoms with Crippen LogP contribution in [0.4, 0.5) is 5.69 Å². The Hall–Kier alpha value is -2.12. The molecule has 0 spiro atoms. The maximum absolute atomic E-state index is 12.1. The third-order valence-electron chi connectivity index (χ3n) is 3.42. The van der Waals surface area contributed by atoms with Crippen LogP contribution >= 0.6 is 11.8 Å². The van der Waals surface area contributed by atoms with Gasteiger partial charge in [-0.25, -0.2) is 0 Å². The lowest BCUT2D eigenvalue weighted by Crippen LogP contribution is -2.38. The van der Waals surface area contributed by atoms with Crippen molar-refractivity contribution >= 4 is 40.5 Å². The zero-order valence-electron chi connectivity index (χ0n) is 12.7. The summed E-state index contributed by atoms with van der Waals surface area (Å²) in [5.41, 5.74) is 1.63. The summed E-state index contributed by atoms with van der Waals surface area (Å²) in [7, 11) is 0. The van der Waals surface area contributed by atoms with Crippen molar-refractivity contribution < 1.29 is 14.3 Å². The molecule has 0 aliphatic carbocycles. The van der Waals surface area contributed by atoms with Crippen LogP contribution in [0.3, 0.4) is 0 Å². The normalized spacial score (nSPS) is 19.9. The molecule has 0 saturated carbocycles. The third-order valence-corrected chi connectivity index (χ3v) is 4.46. The van der Waals surface area contributed by atoms with Crippen molar-refractivity contribution in [3.05, 3.63) is 34.7 Å². The molecule has 2 aliphatic rings. The first-order valence-corrected chi connectivity index (χ1v) is 8.16. The van der Waals surface area contributed by atoms with Gasteiger partial charge in [0.05, 0.1) is 18.1 Å². The monoisotopic (exact) mass is 331 g/mol. The van der Waals surface area contributed by atoms with Gasteiger partial charge in [-0.2, -0.15) is 4.99 Å². The number of anilines is 1. The Labute approximate surface area is 138 Å². The average molecular weight is 331 g/mol. The Kier molecular flexibility index (Phi) is 4.78. The summed E-state index contributed by atoms with van der Waals surface area (Å²) in [4.78, 5) is 29.9. The Morgan fingerprint density at radius 1 is 1.30 bits per heavy atom. The number of hydrogen-bond acceptors (Lipinski definition) is 5. The number of amidine groups is 1. The maximum Gasteiger partial charge on any atom is 0.286 e. The van der Waals surface area contributed by atoms with E-state index in [1.54, 1.807) is 0 Å². The number of amides is 2. The van der Waals surface area contributed by atoms with E-state index in [1.807, 2.05) is 30.3 Å². The minimum atomic E-state index is -0.206. The van der Waals surface area contributed by atoms with Crippen LogP contribution in [0.5, 0.6) is 0 Å². The van der Waals surface area contributed by atoms with Crippen molar-refractivity contribution in [1.82, 2.24) is 4.90 Å². The van der Waals surface area contributed by atoms with Gasteiger partial charge in [-0.1, -0.05) is 12.1 Å². The van der Waals surface area contributed by atoms with Crippen LogP contribution in [0.25, 0.3) is 6.08 Å². The second kappa shape index (κ2) is 6.97. The molecule has 7 heteroatoms. The second-order valence-corrected chi connectivity index (χ2v) is 6.22. The van der Waals surface area contributed by atoms with Gasteiger partial charge in [-0.3, -0.25) is 9.59 Å². The topological polar surface area (TPSA) is 71.0 Å². The summed E-state index contributed by atoms with van der Waals surface area (Å²) in [6.07, 6.45) is 1.82. The lowest BCUT2D eigenvalue weighted by atomic mass is 10.2. The Morgan fingerprint density at radius 3 is 2.65 bits per heavy atom. The van der Waals surface area contributed by atoms with E-state index in [9.17, 15) is 9.59 Å². The number of nitrogens with zero attached hydrogens (tertiary/aromatic N) is 2. The number of hydrogen-bond donors (Lipinski definition) is 1. The summed E-state index contributed by atoms with van der Waals surface area (Å²) < 4.78 is 5.31. The van der Waals surface area contributed by atoms with Crippen LogP contribution in [-0.2, 0) is 14.3 Å². The maximum atomic E-state index is 12.1. The number of morpholine rings is 1. The van der Waals surface area contributed by atoms with E-state index >= 15 is 0 Å². The summed E-state index contributed by atoms with van der Waals surface area (Å²) >= 11 is 1.40. The first-order valence-electron chi connectivity index (χ1n) is 7.35. The highest BCUT2D eigenvalue weighted by atomic mass is 32.2. The molecule has 0 bridgehead atoms. The molecular weight excluding hydrogens is 314 g/mol. The summed E-state index contributed by atoms with van der Waals surface area (Å²) in [5, 5.41) is 3.46. The lowest BCUT2D eigenvalue weighted by molar-refractivity contribution is -0.114. The van der Waals surface area contributed by atoms with Gasteiger partial charge in [0.1, 0.15) is 0 Å². The zero-order chi connectivity index (χ0) is 16.2. The highest BCUT2D eigenvalue weighted by Crippen LogP contribution is 2.30. The number of thioether (sulfide) groups is 1. The first-order chi connectivity index (χ1) is 11.1. The molecular formula is C16H17N3O3S. The highest BCUT2D eigenvalue weighted by Gasteiger charge is 2.26. The number of aliphatic imine (C=N–C) groups is 1. The number of nitrogens with one attached hydrogen (secondary N) is 1. The minimum absolute atomic E-state index is 0.110. The molecule has 0 aromatic heterocycles. The van der Waals surface area contributed by atoms with Gasteiger partial charge >= 0.3 is 0 Å². The van der Waals surface area contributed by atoms with E-state index in [2.05, 4.69) is 15.2 Å². The smallest absolute Gasteiger partial charge is 0.286 e. The Bertz CT molecular complexity index is 676. The highest BCUT2D eigenvalue weighted by molar-refractivity contribution is 8.18. The van der Waals surface area contributed by atoms with Crippen LogP contribution < -0.4 is 5.32 Å². The SMILES string of the molecule is CC(=O)Nc1ccc(C=C2SC(N3CCOCC3)=NC2=O)cc1. The first kappa shape index (κ1) is 15.8. The van der Waals surface area contributed by atoms with Crippen molar-refractivity contribution in [3.63, 3.8) is 0 Å². The van der Waals surface area contributed by atoms with E-state index in [-0.39, 0.29) is 11.8 Å². The van der Waals surface area contributed by atoms with Gasteiger partial charge in [0, 0.05) is 25.7 Å². The van der Waals surface area contributed by atoms with Crippen molar-refractivity contribution in [2.45, 2.75) is 6.92 Å². The molecule has 1 aromatic rings. The van der Waals surface area contributed by atoms with Gasteiger partial charge < -0.3 is 15.0 Å². The molecule has 120 valence electrons. The zero-order valence-corrected chi connectivity index (χ0v) is 13.6. The van der Waals surface area contributed by atoms with E-state index in [0.717, 1.165) is 29.5 Å². The second-order valence-electron chi connectivity index (χ2n) is 5.21. The fourth-order valence-corrected chi connectivity index (χ4v) is 3.27. The van der Waals surface area contributed by atoms with Crippen molar-refractivity contribution in [2.75, 3.05) is 31.6 Å². The molecule has 1 N–H and O–H groups in total. The fourth-order valence-electron chi connectivity index (χ4n) is 2.31. The number of ether oxygens (including phenoxy) is 1. The van der Waals surface area contributed by atoms with Crippen LogP contribution in [0, 0.1) is 0 Å². The lowest BCUT2D eigenvalue weighted by Gasteiger charge is -2.27. The number of carbonyl (C=O) groups is 2. The van der Waals surface area contributed by atoms with Crippen LogP contribution in [0.15, 0.2) is 34.2 Å². The number of benzene rings is 1. The average Bonchev–Trinajstić information content (AvgIpc) is 2.91. The molecule has 3 rings (SSSR count). The van der Waals surface area contributed by atoms with Crippen LogP contribution in [0.1, 0.15) is 12.5 Å². The fraction of sp³-hybridized carbons (Fsp3) is 0.312. The molecule has 2 aliphatic heterocycles. The molecule has 1 fully saturated rings. The van der Waals surface area contributed by atoms with Crippen LogP contribution in [0.2, 0.25) is 0 Å². The number of carbonyl (C=O) groups excluding carboxylic acids is 2. The third kappa shape index (κ3) is 4.00. The largest absolute Gasteiger partial charge is 0.378 e. The van der Waals surface area contributed by atoms with Gasteiger partial charge in [-0.05, 0) is 35.5 Å². The van der Waals surface area contributed by atoms with Gasteiger partial charge in [0.2, 0.25) is 5.91 Å². The van der Waals surface area contributed by atoms with E-state index < -0.39 is 0 Å². The van der Waals surface area contributed by atoms with E-state index in [4.69, 9.17) is 4.74 Å². The molecule has 2 amide bonds. The Balaban J connectivity index is 1.68. The predicted molar refractivity (Wildman–Crippen MR) is 91.1 cm³/mol. The molecule has 23 heavy (non-hydrogen) atoms. The van der Waals surface area contributed by atoms with E-state index in [1.165, 1.54) is 18.7 Å². The molecule has 2 heterocycles. The van der Waals surface area contributed by atoms with Gasteiger partial charge in [0.15, 0.2) is 5.17 Å². The summed E-state index contributed by atoms with van der Waals surface area (Å²) in [6.45, 7) is 4.32. The number of rotatable bonds is 2. The molecule has 0 unspecified atom stereocenters. The molecule has 6 nitrogen and oxygen atoms in total. The molecule has 1 saturated heterocycles. The van der Waals surface area contributed by atoms with Crippen LogP contribution in [-0.4, -0.2) is 48.2 Å². The van der Waals surface area contributed by atoms with Gasteiger partial charge in [0.25, 0.3) is 5.91 Å². The standard InChI is InChI=1S/C16H17N3O3S/c1-11(20)17-13-4-2-12(3-5-13)10-14-15(21)18-16(23-14)19-6-8-22-9-7-19/h2-5,10H,6-9H2,1H3,(H,17,20). The van der Waals surface area contributed by atoms with Gasteiger partial charge in [-0.15, -0.1) is 0 Å². The molecule has 0 atom stereocenters. The van der Waals surface area contributed by atoms with Crippen molar-refractivity contribution in [1.29, 1.82) is 0 Å². The summed E-state index contributed by atoms with van der Waals surface area (Å²) in [5.74, 6) is -0.316. The molecule has 1 aromatic carbocycles. The Morgan fingerprint density at radius 2 is 2.00 bits per heavy atom. The van der Waals surface area contributed by atoms with Crippen molar-refractivity contribution in [3.8, 4) is 0 Å². The minimum Gasteiger partial charge on any atom is -0.378 e. The van der Waals surface area contributed by atoms with Crippen molar-refractivity contribution in [2.24, 2.45) is 4.99 Å². The summed E-state index contributed by atoms with van der Waals surface area (Å²) in [6, 6.07) is 7.33. The van der Waals surface area contributed by atoms with E-state index in [0.29, 0.717) is 18.1 Å². The predicted octanol–water partition coefficient (Wildman–Crippen LogP) is 1.95. The molecule has 0 radical (unpaired) electrons. The quantitative estimate of drug-likeness (QED) is 0.839.